The fourth-order valence-electron chi connectivity index (χ4n) is 2.05. The third-order valence-electron chi connectivity index (χ3n) is 3.07. The van der Waals surface area contributed by atoms with Crippen molar-refractivity contribution in [3.05, 3.63) is 42.0 Å². The average Bonchev–Trinajstić information content (AvgIpc) is 2.74. The molecule has 2 rings (SSSR count). The van der Waals surface area contributed by atoms with E-state index in [1.54, 1.807) is 31.3 Å². The quantitative estimate of drug-likeness (QED) is 0.799. The number of hydrogen-bond donors (Lipinski definition) is 2. The van der Waals surface area contributed by atoms with Crippen LogP contribution in [-0.2, 0) is 23.5 Å². The molecule has 108 valence electrons. The number of benzene rings is 1. The zero-order valence-corrected chi connectivity index (χ0v) is 12.3. The van der Waals surface area contributed by atoms with Crippen molar-refractivity contribution in [3.8, 4) is 0 Å². The van der Waals surface area contributed by atoms with E-state index in [4.69, 9.17) is 5.73 Å². The van der Waals surface area contributed by atoms with E-state index < -0.39 is 10.0 Å². The summed E-state index contributed by atoms with van der Waals surface area (Å²) in [6, 6.07) is 5.04. The molecular weight excluding hydrogens is 276 g/mol. The third-order valence-corrected chi connectivity index (χ3v) is 4.75. The lowest BCUT2D eigenvalue weighted by Crippen LogP contribution is -2.28. The van der Waals surface area contributed by atoms with Gasteiger partial charge in [0, 0.05) is 32.4 Å². The molecule has 0 unspecified atom stereocenters. The molecular formula is C13H18N4O2S. The van der Waals surface area contributed by atoms with Gasteiger partial charge in [0.15, 0.2) is 0 Å². The van der Waals surface area contributed by atoms with Gasteiger partial charge in [-0.3, -0.25) is 0 Å². The Hall–Kier alpha value is -1.86. The van der Waals surface area contributed by atoms with Crippen LogP contribution in [0, 0.1) is 6.92 Å². The van der Waals surface area contributed by atoms with Crippen LogP contribution in [0.15, 0.2) is 35.5 Å². The van der Waals surface area contributed by atoms with E-state index in [-0.39, 0.29) is 17.1 Å². The molecule has 3 N–H and O–H groups in total. The summed E-state index contributed by atoms with van der Waals surface area (Å²) in [6.07, 6.45) is 4.03. The minimum absolute atomic E-state index is 0.153. The average molecular weight is 294 g/mol. The summed E-state index contributed by atoms with van der Waals surface area (Å²) < 4.78 is 29.0. The molecule has 2 aromatic rings. The van der Waals surface area contributed by atoms with Crippen molar-refractivity contribution in [3.63, 3.8) is 0 Å². The zero-order valence-electron chi connectivity index (χ0n) is 11.5. The van der Waals surface area contributed by atoms with E-state index in [2.05, 4.69) is 9.71 Å². The van der Waals surface area contributed by atoms with Crippen LogP contribution >= 0.6 is 0 Å². The summed E-state index contributed by atoms with van der Waals surface area (Å²) in [5.74, 6) is 0.824. The molecule has 0 atom stereocenters. The van der Waals surface area contributed by atoms with Crippen molar-refractivity contribution in [1.82, 2.24) is 14.3 Å². The van der Waals surface area contributed by atoms with Gasteiger partial charge in [-0.2, -0.15) is 0 Å². The summed E-state index contributed by atoms with van der Waals surface area (Å²) >= 11 is 0. The van der Waals surface area contributed by atoms with Crippen LogP contribution in [0.3, 0.4) is 0 Å². The van der Waals surface area contributed by atoms with Gasteiger partial charge in [0.1, 0.15) is 10.7 Å². The number of anilines is 1. The van der Waals surface area contributed by atoms with Gasteiger partial charge in [0.25, 0.3) is 0 Å². The van der Waals surface area contributed by atoms with Gasteiger partial charge in [-0.25, -0.2) is 18.1 Å². The number of aryl methyl sites for hydroxylation is 2. The molecule has 20 heavy (non-hydrogen) atoms. The summed E-state index contributed by atoms with van der Waals surface area (Å²) in [5, 5.41) is 0. The number of nitrogens with one attached hydrogen (secondary N) is 1. The standard InChI is InChI=1S/C13H18N4O2S/c1-10-4-3-5-11(14)13(10)20(18,19)16-7-6-12-15-8-9-17(12)2/h3-5,8-9,16H,6-7,14H2,1-2H3. The molecule has 0 aliphatic rings. The Morgan fingerprint density at radius 3 is 2.75 bits per heavy atom. The molecule has 1 aromatic carbocycles. The molecule has 0 saturated heterocycles. The Morgan fingerprint density at radius 1 is 1.40 bits per heavy atom. The second kappa shape index (κ2) is 5.64. The first-order chi connectivity index (χ1) is 9.42. The van der Waals surface area contributed by atoms with E-state index in [9.17, 15) is 8.42 Å². The Bertz CT molecular complexity index is 687. The van der Waals surface area contributed by atoms with Crippen molar-refractivity contribution in [2.75, 3.05) is 12.3 Å². The predicted octanol–water partition coefficient (Wildman–Crippen LogP) is 0.832. The number of hydrogen-bond acceptors (Lipinski definition) is 4. The molecule has 1 aromatic heterocycles. The van der Waals surface area contributed by atoms with Gasteiger partial charge in [-0.15, -0.1) is 0 Å². The third kappa shape index (κ3) is 3.00. The van der Waals surface area contributed by atoms with Gasteiger partial charge in [0.05, 0.1) is 5.69 Å². The van der Waals surface area contributed by atoms with E-state index in [0.717, 1.165) is 5.82 Å². The highest BCUT2D eigenvalue weighted by atomic mass is 32.2. The maximum atomic E-state index is 12.3. The van der Waals surface area contributed by atoms with Crippen LogP contribution in [0.5, 0.6) is 0 Å². The Labute approximate surface area is 118 Å². The van der Waals surface area contributed by atoms with Crippen molar-refractivity contribution < 1.29 is 8.42 Å². The van der Waals surface area contributed by atoms with Crippen LogP contribution < -0.4 is 10.5 Å². The Balaban J connectivity index is 2.10. The van der Waals surface area contributed by atoms with Crippen LogP contribution in [0.2, 0.25) is 0 Å². The van der Waals surface area contributed by atoms with Crippen LogP contribution in [0.25, 0.3) is 0 Å². The molecule has 0 aliphatic heterocycles. The molecule has 0 fully saturated rings. The normalized spacial score (nSPS) is 11.7. The van der Waals surface area contributed by atoms with Gasteiger partial charge >= 0.3 is 0 Å². The van der Waals surface area contributed by atoms with Crippen molar-refractivity contribution in [2.24, 2.45) is 7.05 Å². The molecule has 0 bridgehead atoms. The maximum absolute atomic E-state index is 12.3. The lowest BCUT2D eigenvalue weighted by Gasteiger charge is -2.11. The molecule has 0 spiro atoms. The fourth-order valence-corrected chi connectivity index (χ4v) is 3.43. The van der Waals surface area contributed by atoms with Gasteiger partial charge in [0.2, 0.25) is 10.0 Å². The van der Waals surface area contributed by atoms with Gasteiger partial charge in [-0.05, 0) is 18.6 Å². The highest BCUT2D eigenvalue weighted by molar-refractivity contribution is 7.89. The van der Waals surface area contributed by atoms with E-state index in [0.29, 0.717) is 12.0 Å². The second-order valence-corrected chi connectivity index (χ2v) is 6.30. The summed E-state index contributed by atoms with van der Waals surface area (Å²) in [5.41, 5.74) is 6.65. The van der Waals surface area contributed by atoms with Gasteiger partial charge in [-0.1, -0.05) is 12.1 Å². The van der Waals surface area contributed by atoms with Crippen LogP contribution in [0.1, 0.15) is 11.4 Å². The molecule has 0 amide bonds. The smallest absolute Gasteiger partial charge is 0.242 e. The first kappa shape index (κ1) is 14.5. The number of nitrogens with two attached hydrogens (primary N) is 1. The number of imidazole rings is 1. The monoisotopic (exact) mass is 294 g/mol. The molecule has 0 saturated carbocycles. The number of aromatic nitrogens is 2. The summed E-state index contributed by atoms with van der Waals surface area (Å²) in [4.78, 5) is 4.30. The first-order valence-electron chi connectivity index (χ1n) is 6.23. The van der Waals surface area contributed by atoms with E-state index >= 15 is 0 Å². The van der Waals surface area contributed by atoms with Crippen molar-refractivity contribution >= 4 is 15.7 Å². The van der Waals surface area contributed by atoms with E-state index in [1.807, 2.05) is 17.8 Å². The van der Waals surface area contributed by atoms with E-state index in [1.165, 1.54) is 0 Å². The Morgan fingerprint density at radius 2 is 2.15 bits per heavy atom. The lowest BCUT2D eigenvalue weighted by molar-refractivity contribution is 0.580. The lowest BCUT2D eigenvalue weighted by atomic mass is 10.2. The molecule has 6 nitrogen and oxygen atoms in total. The topological polar surface area (TPSA) is 90.0 Å². The minimum atomic E-state index is -3.60. The second-order valence-electron chi connectivity index (χ2n) is 4.60. The van der Waals surface area contributed by atoms with Gasteiger partial charge < -0.3 is 10.3 Å². The zero-order chi connectivity index (χ0) is 14.8. The largest absolute Gasteiger partial charge is 0.398 e. The first-order valence-corrected chi connectivity index (χ1v) is 7.71. The number of sulfonamides is 1. The van der Waals surface area contributed by atoms with Crippen LogP contribution in [-0.4, -0.2) is 24.5 Å². The molecule has 1 heterocycles. The maximum Gasteiger partial charge on any atom is 0.242 e. The molecule has 0 aliphatic carbocycles. The minimum Gasteiger partial charge on any atom is -0.398 e. The highest BCUT2D eigenvalue weighted by Gasteiger charge is 2.19. The Kier molecular flexibility index (Phi) is 4.10. The fraction of sp³-hybridized carbons (Fsp3) is 0.308. The summed E-state index contributed by atoms with van der Waals surface area (Å²) in [7, 11) is -1.73. The predicted molar refractivity (Wildman–Crippen MR) is 77.7 cm³/mol. The van der Waals surface area contributed by atoms with Crippen molar-refractivity contribution in [1.29, 1.82) is 0 Å². The number of nitrogens with zero attached hydrogens (tertiary/aromatic N) is 2. The highest BCUT2D eigenvalue weighted by Crippen LogP contribution is 2.21. The number of rotatable bonds is 5. The SMILES string of the molecule is Cc1cccc(N)c1S(=O)(=O)NCCc1nccn1C. The molecule has 7 heteroatoms. The van der Waals surface area contributed by atoms with Crippen molar-refractivity contribution in [2.45, 2.75) is 18.2 Å². The molecule has 0 radical (unpaired) electrons. The number of nitrogen functional groups attached to an aromatic ring is 1. The van der Waals surface area contributed by atoms with Crippen LogP contribution in [0.4, 0.5) is 5.69 Å². The summed E-state index contributed by atoms with van der Waals surface area (Å²) in [6.45, 7) is 2.00.